The number of aliphatic hydroxyl groups is 2. The maximum Gasteiger partial charge on any atom is 0.342 e. The van der Waals surface area contributed by atoms with Crippen molar-refractivity contribution in [3.05, 3.63) is 23.8 Å². The summed E-state index contributed by atoms with van der Waals surface area (Å²) in [5.74, 6) is 0.587. The minimum absolute atomic E-state index is 0.150. The highest BCUT2D eigenvalue weighted by Crippen LogP contribution is 2.33. The summed E-state index contributed by atoms with van der Waals surface area (Å²) in [6, 6.07) is 4.91. The molecule has 0 aromatic heterocycles. The summed E-state index contributed by atoms with van der Waals surface area (Å²) < 4.78 is 15.6. The minimum Gasteiger partial charge on any atom is -0.493 e. The Balaban J connectivity index is 2.14. The van der Waals surface area contributed by atoms with Crippen molar-refractivity contribution < 1.29 is 29.2 Å². The molecule has 1 saturated heterocycles. The molecule has 6 nitrogen and oxygen atoms in total. The largest absolute Gasteiger partial charge is 0.493 e. The lowest BCUT2D eigenvalue weighted by molar-refractivity contribution is -0.00835. The second kappa shape index (κ2) is 7.02. The van der Waals surface area contributed by atoms with E-state index in [1.807, 2.05) is 0 Å². The molecule has 1 aliphatic rings. The molecule has 0 radical (unpaired) electrons. The fourth-order valence-corrected chi connectivity index (χ4v) is 3.35. The van der Waals surface area contributed by atoms with Gasteiger partial charge in [-0.25, -0.2) is 4.79 Å². The first-order valence-corrected chi connectivity index (χ1v) is 7.49. The van der Waals surface area contributed by atoms with E-state index in [1.54, 1.807) is 18.2 Å². The first-order chi connectivity index (χ1) is 10.1. The van der Waals surface area contributed by atoms with Gasteiger partial charge in [-0.1, -0.05) is 6.07 Å². The van der Waals surface area contributed by atoms with Crippen LogP contribution in [0.15, 0.2) is 18.2 Å². The molecule has 1 aromatic rings. The Bertz CT molecular complexity index is 506. The number of esters is 1. The van der Waals surface area contributed by atoms with Gasteiger partial charge in [0.25, 0.3) is 0 Å². The maximum atomic E-state index is 12.2. The number of carbonyl (C=O) groups is 1. The molecule has 3 atom stereocenters. The number of para-hydroxylation sites is 1. The molecule has 7 heteroatoms. The van der Waals surface area contributed by atoms with Gasteiger partial charge in [0.15, 0.2) is 11.5 Å². The average Bonchev–Trinajstić information content (AvgIpc) is 2.86. The third-order valence-electron chi connectivity index (χ3n) is 3.30. The molecular formula is C14H18O6S. The quantitative estimate of drug-likeness (QED) is 0.774. The third kappa shape index (κ3) is 3.25. The van der Waals surface area contributed by atoms with E-state index in [4.69, 9.17) is 19.3 Å². The number of thioether (sulfide) groups is 1. The first kappa shape index (κ1) is 15.9. The summed E-state index contributed by atoms with van der Waals surface area (Å²) in [5.41, 5.74) is 0.237. The number of hydrogen-bond donors (Lipinski definition) is 2. The molecule has 21 heavy (non-hydrogen) atoms. The standard InChI is InChI=1S/C14H18O6S/c1-18-9-5-3-4-8(13(9)19-2)14(17)20-10-7-21-11(6-15)12(10)16/h3-5,10-12,15-16H,6-7H2,1-2H3/t10-,11+,12-/m0/s1. The van der Waals surface area contributed by atoms with Crippen LogP contribution >= 0.6 is 11.8 Å². The zero-order valence-electron chi connectivity index (χ0n) is 11.8. The number of carbonyl (C=O) groups excluding carboxylic acids is 1. The highest BCUT2D eigenvalue weighted by molar-refractivity contribution is 8.00. The lowest BCUT2D eigenvalue weighted by Gasteiger charge is -2.18. The topological polar surface area (TPSA) is 85.2 Å². The number of benzene rings is 1. The molecule has 1 aliphatic heterocycles. The van der Waals surface area contributed by atoms with E-state index in [1.165, 1.54) is 26.0 Å². The molecule has 0 amide bonds. The Morgan fingerprint density at radius 2 is 2.14 bits per heavy atom. The fourth-order valence-electron chi connectivity index (χ4n) is 2.17. The van der Waals surface area contributed by atoms with Crippen molar-refractivity contribution in [3.8, 4) is 11.5 Å². The number of methoxy groups -OCH3 is 2. The molecule has 0 unspecified atom stereocenters. The van der Waals surface area contributed by atoms with E-state index >= 15 is 0 Å². The Kier molecular flexibility index (Phi) is 5.33. The summed E-state index contributed by atoms with van der Waals surface area (Å²) >= 11 is 1.38. The van der Waals surface area contributed by atoms with Crippen molar-refractivity contribution in [1.82, 2.24) is 0 Å². The zero-order chi connectivity index (χ0) is 15.4. The van der Waals surface area contributed by atoms with Gasteiger partial charge in [-0.15, -0.1) is 11.8 Å². The number of aliphatic hydroxyl groups excluding tert-OH is 2. The predicted molar refractivity (Wildman–Crippen MR) is 78.1 cm³/mol. The first-order valence-electron chi connectivity index (χ1n) is 6.44. The van der Waals surface area contributed by atoms with Crippen molar-refractivity contribution >= 4 is 17.7 Å². The van der Waals surface area contributed by atoms with Crippen LogP contribution in [0.25, 0.3) is 0 Å². The van der Waals surface area contributed by atoms with E-state index in [9.17, 15) is 9.90 Å². The van der Waals surface area contributed by atoms with Crippen molar-refractivity contribution in [2.45, 2.75) is 17.5 Å². The van der Waals surface area contributed by atoms with Crippen molar-refractivity contribution in [2.24, 2.45) is 0 Å². The van der Waals surface area contributed by atoms with Gasteiger partial charge in [0, 0.05) is 5.75 Å². The number of hydrogen-bond acceptors (Lipinski definition) is 7. The summed E-state index contributed by atoms with van der Waals surface area (Å²) in [7, 11) is 2.92. The molecule has 1 aromatic carbocycles. The Labute approximate surface area is 127 Å². The van der Waals surface area contributed by atoms with Crippen molar-refractivity contribution in [3.63, 3.8) is 0 Å². The molecular weight excluding hydrogens is 296 g/mol. The van der Waals surface area contributed by atoms with Crippen LogP contribution in [0.4, 0.5) is 0 Å². The van der Waals surface area contributed by atoms with E-state index < -0.39 is 18.2 Å². The van der Waals surface area contributed by atoms with Crippen LogP contribution in [0.3, 0.4) is 0 Å². The SMILES string of the molecule is COc1cccc(C(=O)O[C@H]2CS[C@H](CO)[C@H]2O)c1OC. The monoisotopic (exact) mass is 314 g/mol. The highest BCUT2D eigenvalue weighted by atomic mass is 32.2. The number of ether oxygens (including phenoxy) is 3. The van der Waals surface area contributed by atoms with Gasteiger partial charge in [0.2, 0.25) is 0 Å². The zero-order valence-corrected chi connectivity index (χ0v) is 12.6. The summed E-state index contributed by atoms with van der Waals surface area (Å²) in [5, 5.41) is 18.7. The Morgan fingerprint density at radius 3 is 2.71 bits per heavy atom. The summed E-state index contributed by atoms with van der Waals surface area (Å²) in [6.45, 7) is -0.150. The normalized spacial score (nSPS) is 24.7. The molecule has 1 fully saturated rings. The van der Waals surface area contributed by atoms with Crippen LogP contribution in [0.2, 0.25) is 0 Å². The van der Waals surface area contributed by atoms with Crippen LogP contribution in [-0.4, -0.2) is 60.2 Å². The van der Waals surface area contributed by atoms with Gasteiger partial charge in [-0.2, -0.15) is 0 Å². The van der Waals surface area contributed by atoms with Crippen LogP contribution in [0, 0.1) is 0 Å². The molecule has 0 aliphatic carbocycles. The Morgan fingerprint density at radius 1 is 1.38 bits per heavy atom. The van der Waals surface area contributed by atoms with E-state index in [2.05, 4.69) is 0 Å². The lowest BCUT2D eigenvalue weighted by atomic mass is 10.1. The Hall–Kier alpha value is -1.44. The van der Waals surface area contributed by atoms with Crippen LogP contribution in [0.5, 0.6) is 11.5 Å². The van der Waals surface area contributed by atoms with Gasteiger partial charge in [-0.3, -0.25) is 0 Å². The van der Waals surface area contributed by atoms with Crippen LogP contribution in [-0.2, 0) is 4.74 Å². The second-order valence-electron chi connectivity index (χ2n) is 4.53. The smallest absolute Gasteiger partial charge is 0.342 e. The predicted octanol–water partition coefficient (Wildman–Crippen LogP) is 0.698. The van der Waals surface area contributed by atoms with E-state index in [-0.39, 0.29) is 17.4 Å². The molecule has 2 N–H and O–H groups in total. The van der Waals surface area contributed by atoms with Crippen LogP contribution < -0.4 is 9.47 Å². The third-order valence-corrected chi connectivity index (χ3v) is 4.67. The van der Waals surface area contributed by atoms with Gasteiger partial charge in [0.05, 0.1) is 26.1 Å². The summed E-state index contributed by atoms with van der Waals surface area (Å²) in [6.07, 6.45) is -1.52. The van der Waals surface area contributed by atoms with Gasteiger partial charge >= 0.3 is 5.97 Å². The minimum atomic E-state index is -0.874. The molecule has 1 heterocycles. The average molecular weight is 314 g/mol. The van der Waals surface area contributed by atoms with Gasteiger partial charge < -0.3 is 24.4 Å². The molecule has 0 saturated carbocycles. The molecule has 0 spiro atoms. The fraction of sp³-hybridized carbons (Fsp3) is 0.500. The van der Waals surface area contributed by atoms with Crippen LogP contribution in [0.1, 0.15) is 10.4 Å². The highest BCUT2D eigenvalue weighted by Gasteiger charge is 2.38. The number of rotatable bonds is 5. The van der Waals surface area contributed by atoms with Crippen molar-refractivity contribution in [1.29, 1.82) is 0 Å². The van der Waals surface area contributed by atoms with E-state index in [0.29, 0.717) is 17.3 Å². The second-order valence-corrected chi connectivity index (χ2v) is 5.80. The van der Waals surface area contributed by atoms with E-state index in [0.717, 1.165) is 0 Å². The van der Waals surface area contributed by atoms with Gasteiger partial charge in [0.1, 0.15) is 17.8 Å². The lowest BCUT2D eigenvalue weighted by Crippen LogP contribution is -2.35. The van der Waals surface area contributed by atoms with Gasteiger partial charge in [-0.05, 0) is 12.1 Å². The maximum absolute atomic E-state index is 12.2. The summed E-state index contributed by atoms with van der Waals surface area (Å²) in [4.78, 5) is 12.2. The molecule has 0 bridgehead atoms. The molecule has 116 valence electrons. The van der Waals surface area contributed by atoms with Crippen molar-refractivity contribution in [2.75, 3.05) is 26.6 Å². The molecule has 2 rings (SSSR count).